The van der Waals surface area contributed by atoms with Crippen molar-refractivity contribution in [1.82, 2.24) is 63.8 Å². The lowest BCUT2D eigenvalue weighted by Crippen LogP contribution is -2.68. The molecule has 0 aromatic carbocycles. The van der Waals surface area contributed by atoms with Gasteiger partial charge in [-0.05, 0) is 0 Å². The molecule has 48 nitrogen and oxygen atoms in total. The maximum atomic E-state index is 13.2. The van der Waals surface area contributed by atoms with Crippen LogP contribution in [0.15, 0.2) is 0 Å². The fourth-order valence-corrected chi connectivity index (χ4v) is 20.2. The first kappa shape index (κ1) is 118. The molecule has 6 aliphatic rings. The first-order chi connectivity index (χ1) is 63.7. The minimum absolute atomic E-state index is 0.00228. The van der Waals surface area contributed by atoms with E-state index in [2.05, 4.69) is 63.8 Å². The summed E-state index contributed by atoms with van der Waals surface area (Å²) in [6.07, 6.45) is -50.9. The molecule has 6 amide bonds. The van der Waals surface area contributed by atoms with E-state index < -0.39 is 178 Å². The third-order valence-corrected chi connectivity index (χ3v) is 27.8. The second kappa shape index (κ2) is 68.6. The van der Waals surface area contributed by atoms with Gasteiger partial charge in [-0.25, -0.2) is 0 Å². The maximum absolute atomic E-state index is 13.2. The number of aliphatic hydroxyl groups is 13. The van der Waals surface area contributed by atoms with Crippen LogP contribution in [0.3, 0.4) is 0 Å². The van der Waals surface area contributed by atoms with Crippen LogP contribution >= 0.6 is 70.6 Å². The molecule has 6 aliphatic heterocycles. The van der Waals surface area contributed by atoms with Crippen molar-refractivity contribution in [1.29, 1.82) is 0 Å². The molecule has 12 unspecified atom stereocenters. The summed E-state index contributed by atoms with van der Waals surface area (Å²) in [4.78, 5) is 77.7. The third kappa shape index (κ3) is 42.7. The highest BCUT2D eigenvalue weighted by molar-refractivity contribution is 8.00. The molecule has 0 aromatic rings. The molecule has 6 saturated heterocycles. The fourth-order valence-electron chi connectivity index (χ4n) is 14.2. The van der Waals surface area contributed by atoms with E-state index >= 15 is 0 Å². The predicted molar refractivity (Wildman–Crippen MR) is 497 cm³/mol. The number of aliphatic hydroxyl groups excluding tert-OH is 13. The van der Waals surface area contributed by atoms with Gasteiger partial charge in [0.2, 0.25) is 35.4 Å². The van der Waals surface area contributed by atoms with Crippen LogP contribution < -0.4 is 98.2 Å². The molecule has 29 atom stereocenters. The van der Waals surface area contributed by atoms with Crippen LogP contribution in [0.1, 0.15) is 38.5 Å². The zero-order valence-corrected chi connectivity index (χ0v) is 79.7. The van der Waals surface area contributed by atoms with Crippen LogP contribution in [0.4, 0.5) is 0 Å². The van der Waals surface area contributed by atoms with Crippen LogP contribution in [-0.4, -0.2) is 512 Å². The van der Waals surface area contributed by atoms with E-state index in [1.165, 1.54) is 23.5 Å². The van der Waals surface area contributed by atoms with Crippen molar-refractivity contribution >= 4 is 106 Å². The van der Waals surface area contributed by atoms with Crippen LogP contribution in [0.25, 0.3) is 0 Å². The first-order valence-corrected chi connectivity index (χ1v) is 52.2. The van der Waals surface area contributed by atoms with Gasteiger partial charge in [0.15, 0.2) is 31.5 Å². The van der Waals surface area contributed by atoms with E-state index in [0.717, 1.165) is 47.0 Å². The minimum atomic E-state index is -2.19. The third-order valence-electron chi connectivity index (χ3n) is 21.5. The molecule has 770 valence electrons. The Morgan fingerprint density at radius 2 is 0.439 bits per heavy atom. The molecule has 0 saturated carbocycles. The van der Waals surface area contributed by atoms with Crippen LogP contribution in [0.2, 0.25) is 0 Å². The summed E-state index contributed by atoms with van der Waals surface area (Å²) in [7, 11) is 0. The van der Waals surface area contributed by atoms with Crippen molar-refractivity contribution in [2.75, 3.05) is 233 Å². The van der Waals surface area contributed by atoms with Crippen molar-refractivity contribution in [2.45, 2.75) is 216 Å². The monoisotopic (exact) mass is 2010 g/mol. The molecule has 54 heteroatoms. The number of thioether (sulfide) groups is 6. The molecule has 0 bridgehead atoms. The summed E-state index contributed by atoms with van der Waals surface area (Å²) in [5, 5.41) is 191. The number of carbonyl (C=O) groups is 6. The summed E-state index contributed by atoms with van der Waals surface area (Å²) in [6, 6.07) is 0. The average molecular weight is 2010 g/mol. The smallest absolute Gasteiger partial charge is 0.220 e. The van der Waals surface area contributed by atoms with Crippen molar-refractivity contribution in [3.05, 3.63) is 0 Å². The van der Waals surface area contributed by atoms with Gasteiger partial charge in [0.05, 0.1) is 43.2 Å². The molecule has 37 N–H and O–H groups in total. The highest BCUT2D eigenvalue weighted by atomic mass is 32.2. The standard InChI is InChI=1S/C78H152N18O30S6/c79-7-13-85-19-25-91-51(98)1-31-127-38-45-58(105)59(106)64(111)74(117-45)123-70-47(40-129-33-3-53(100)93-27-21-87-15-9-81)119-76(66(113)61(70)108)125-72-49(42-131-35-5-55(102)95-29-23-89-17-11-83)121-78(68(115)63(72)110)126-73-50(43-132-36-6-56(103)96-30-24-90-18-12-84)120-77(67(114)62(73)109)124-71-48(41-130-34-4-54(101)94-28-22-88-16-10-82)118-75(65(112)60(71)107)122-69-46(116-37-44(97)57(69)104)39-128-32-2-52(99)92-26-20-86-14-8-80/h44-50,57-78,85-90,97,104-115H,1-43,79-84H2,(H,91,98)(H,92,99)(H,93,100)(H,94,101)(H,95,102)(H,96,103)/t44?,45?,46?,47?,48?,49?,50?,57-,58-,59-,60-,61-,62-,63-,64?,65?,66?,67?,68?,69-,70-,71-,72-,73-,74+,75-,76+,77-,78+/m1/s1. The van der Waals surface area contributed by atoms with E-state index in [4.69, 9.17) is 86.5 Å². The molecule has 0 spiro atoms. The summed E-state index contributed by atoms with van der Waals surface area (Å²) in [5.41, 5.74) is 33.5. The Morgan fingerprint density at radius 1 is 0.242 bits per heavy atom. The summed E-state index contributed by atoms with van der Waals surface area (Å²) < 4.78 is 70.1. The van der Waals surface area contributed by atoms with Crippen LogP contribution in [-0.2, 0) is 80.9 Å². The number of amides is 6. The Hall–Kier alpha value is -2.52. The summed E-state index contributed by atoms with van der Waals surface area (Å²) in [6.45, 7) is 9.92. The highest BCUT2D eigenvalue weighted by Gasteiger charge is 2.58. The predicted octanol–water partition coefficient (Wildman–Crippen LogP) is -14.6. The molecule has 6 rings (SSSR count). The van der Waals surface area contributed by atoms with Gasteiger partial charge in [-0.3, -0.25) is 28.8 Å². The van der Waals surface area contributed by atoms with Gasteiger partial charge in [-0.2, -0.15) is 70.6 Å². The lowest BCUT2D eigenvalue weighted by molar-refractivity contribution is -0.387. The van der Waals surface area contributed by atoms with Crippen molar-refractivity contribution in [2.24, 2.45) is 34.4 Å². The lowest BCUT2D eigenvalue weighted by atomic mass is 9.95. The van der Waals surface area contributed by atoms with E-state index in [0.29, 0.717) is 150 Å². The van der Waals surface area contributed by atoms with E-state index in [1.807, 2.05) is 0 Å². The number of carbonyl (C=O) groups excluding carboxylic acids is 6. The highest BCUT2D eigenvalue weighted by Crippen LogP contribution is 2.40. The lowest BCUT2D eigenvalue weighted by Gasteiger charge is -2.50. The molecular formula is C78H152N18O30S6. The van der Waals surface area contributed by atoms with Gasteiger partial charge in [0, 0.05) is 265 Å². The molecule has 6 fully saturated rings. The number of ether oxygens (including phenoxy) is 11. The van der Waals surface area contributed by atoms with Crippen LogP contribution in [0.5, 0.6) is 0 Å². The van der Waals surface area contributed by atoms with Gasteiger partial charge >= 0.3 is 0 Å². The minimum Gasteiger partial charge on any atom is -0.388 e. The fraction of sp³-hybridized carbons (Fsp3) is 0.923. The number of hydrogen-bond acceptors (Lipinski definition) is 48. The van der Waals surface area contributed by atoms with Crippen molar-refractivity contribution in [3.8, 4) is 0 Å². The Kier molecular flexibility index (Phi) is 61.4. The number of nitrogens with two attached hydrogens (primary N) is 6. The maximum Gasteiger partial charge on any atom is 0.220 e. The van der Waals surface area contributed by atoms with Crippen LogP contribution in [0, 0.1) is 0 Å². The molecule has 0 radical (unpaired) electrons. The zero-order valence-electron chi connectivity index (χ0n) is 74.8. The summed E-state index contributed by atoms with van der Waals surface area (Å²) in [5.74, 6) is -1.22. The summed E-state index contributed by atoms with van der Waals surface area (Å²) >= 11 is 7.04. The quantitative estimate of drug-likeness (QED) is 0.0251. The molecule has 132 heavy (non-hydrogen) atoms. The number of hydrogen-bond donors (Lipinski definition) is 31. The molecule has 6 heterocycles. The van der Waals surface area contributed by atoms with Crippen molar-refractivity contribution < 1.29 is 147 Å². The van der Waals surface area contributed by atoms with Gasteiger partial charge in [0.1, 0.15) is 110 Å². The Balaban J connectivity index is 1.28. The Labute approximate surface area is 796 Å². The average Bonchev–Trinajstić information content (AvgIpc) is 0.770. The number of nitrogens with one attached hydrogen (secondary N) is 12. The molecule has 0 aromatic heterocycles. The van der Waals surface area contributed by atoms with E-state index in [9.17, 15) is 95.2 Å². The topological polar surface area (TPSA) is 767 Å². The van der Waals surface area contributed by atoms with E-state index in [1.54, 1.807) is 0 Å². The zero-order chi connectivity index (χ0) is 96.1. The first-order valence-electron chi connectivity index (χ1n) is 45.2. The van der Waals surface area contributed by atoms with Crippen molar-refractivity contribution in [3.63, 3.8) is 0 Å². The SMILES string of the molecule is NCCNCCNC(=O)CCSCC1O[C@@H](O[C@@H]2C(CSCCC(=O)NCCNCCN)O[C@@H](O[C@@H]3C(CSCCC(=O)NCCNCCN)O[C@@H](O[C@@H]4C(CSCCC(=O)NCCNCCN)O[C@H](O[C@@H]5C(CSCCC(=O)NCCNCCN)O[C@H](O[C@@H]6C(CSCCC(=O)NCCNCCN)OCC(O)[C@H]6O)C(O)[C@H]5O)C(O)[C@H]4O)C(O)[C@H]3O)C(O)[C@H]2O)C(O)[C@H](O)[C@@H]1O. The van der Waals surface area contributed by atoms with Gasteiger partial charge < -0.3 is 217 Å². The van der Waals surface area contributed by atoms with Gasteiger partial charge in [-0.15, -0.1) is 0 Å². The Morgan fingerprint density at radius 3 is 0.667 bits per heavy atom. The Bertz CT molecular complexity index is 3140. The van der Waals surface area contributed by atoms with Gasteiger partial charge in [0.25, 0.3) is 0 Å². The second-order valence-corrected chi connectivity index (χ2v) is 38.7. The molecular weight excluding hydrogens is 1860 g/mol. The largest absolute Gasteiger partial charge is 0.388 e. The van der Waals surface area contributed by atoms with Gasteiger partial charge in [-0.1, -0.05) is 0 Å². The molecule has 0 aliphatic carbocycles. The normalized spacial score (nSPS) is 32.1. The second-order valence-electron chi connectivity index (χ2n) is 31.8. The van der Waals surface area contributed by atoms with E-state index in [-0.39, 0.29) is 157 Å². The number of rotatable bonds is 70.